The molecule has 6 aromatic rings. The molecule has 7 heteroatoms. The normalized spacial score (nSPS) is 11.8. The molecule has 218 valence electrons. The summed E-state index contributed by atoms with van der Waals surface area (Å²) >= 11 is 0. The second-order valence-electron chi connectivity index (χ2n) is 10.8. The van der Waals surface area contributed by atoms with Crippen LogP contribution in [0.2, 0.25) is 0 Å². The summed E-state index contributed by atoms with van der Waals surface area (Å²) in [6.07, 6.45) is 0.859. The van der Waals surface area contributed by atoms with Crippen LogP contribution >= 0.6 is 0 Å². The molecular weight excluding hydrogens is 552 g/mol. The van der Waals surface area contributed by atoms with E-state index in [0.717, 1.165) is 44.5 Å². The van der Waals surface area contributed by atoms with Gasteiger partial charge in [-0.25, -0.2) is 4.79 Å². The number of nitro groups is 1. The molecule has 0 unspecified atom stereocenters. The van der Waals surface area contributed by atoms with Gasteiger partial charge in [0.05, 0.1) is 4.92 Å². The third-order valence-corrected chi connectivity index (χ3v) is 7.96. The lowest BCUT2D eigenvalue weighted by atomic mass is 9.96. The topological polar surface area (TPSA) is 96.8 Å². The molecule has 0 radical (unpaired) electrons. The summed E-state index contributed by atoms with van der Waals surface area (Å²) < 4.78 is 6.30. The lowest BCUT2D eigenvalue weighted by Gasteiger charge is -2.27. The Hall–Kier alpha value is -5.69. The Bertz CT molecular complexity index is 1930. The summed E-state index contributed by atoms with van der Waals surface area (Å²) in [6.45, 7) is 0. The average Bonchev–Trinajstić information content (AvgIpc) is 3.41. The molecule has 5 aromatic carbocycles. The first-order valence-electron chi connectivity index (χ1n) is 14.3. The van der Waals surface area contributed by atoms with Crippen LogP contribution in [0.1, 0.15) is 16.9 Å². The summed E-state index contributed by atoms with van der Waals surface area (Å²) in [5.41, 5.74) is 6.38. The van der Waals surface area contributed by atoms with Gasteiger partial charge < -0.3 is 14.4 Å². The zero-order chi connectivity index (χ0) is 30.6. The van der Waals surface area contributed by atoms with Gasteiger partial charge in [-0.2, -0.15) is 0 Å². The number of furan rings is 1. The predicted octanol–water partition coefficient (Wildman–Crippen LogP) is 8.40. The molecule has 0 saturated carbocycles. The Labute approximate surface area is 254 Å². The first-order chi connectivity index (χ1) is 21.4. The van der Waals surface area contributed by atoms with Gasteiger partial charge in [0, 0.05) is 36.9 Å². The van der Waals surface area contributed by atoms with Crippen LogP contribution in [0, 0.1) is 10.1 Å². The summed E-state index contributed by atoms with van der Waals surface area (Å²) in [5, 5.41) is 23.2. The molecule has 0 fully saturated rings. The first kappa shape index (κ1) is 28.4. The number of para-hydroxylation sites is 1. The van der Waals surface area contributed by atoms with Crippen LogP contribution < -0.4 is 4.90 Å². The van der Waals surface area contributed by atoms with E-state index in [1.165, 1.54) is 11.0 Å². The molecule has 6 rings (SSSR count). The molecule has 7 nitrogen and oxygen atoms in total. The van der Waals surface area contributed by atoms with E-state index in [4.69, 9.17) is 4.42 Å². The highest BCUT2D eigenvalue weighted by Crippen LogP contribution is 2.38. The number of rotatable bonds is 10. The number of benzene rings is 5. The molecule has 0 aliphatic carbocycles. The van der Waals surface area contributed by atoms with Crippen LogP contribution in [0.4, 0.5) is 11.4 Å². The maximum Gasteiger partial charge on any atom is 0.326 e. The van der Waals surface area contributed by atoms with Gasteiger partial charge in [-0.05, 0) is 39.9 Å². The number of nitro benzene ring substituents is 1. The van der Waals surface area contributed by atoms with Gasteiger partial charge in [-0.1, -0.05) is 109 Å². The standard InChI is InChI=1S/C37H30N2O5/c1-38(33(37(40)41)22-25-10-4-2-5-11-25)31-21-20-29(24-32(31)39(42)43)27-16-18-28(19-17-27)36-30-14-8-9-15-34(30)44-35(36)23-26-12-6-3-7-13-26/h2-21,24,33H,22-23H2,1H3,(H,40,41)/t33-/m1/s1. The number of hydrogen-bond acceptors (Lipinski definition) is 5. The molecule has 0 saturated heterocycles. The molecule has 0 bridgehead atoms. The molecule has 1 heterocycles. The number of nitrogens with zero attached hydrogens (tertiary/aromatic N) is 2. The highest BCUT2D eigenvalue weighted by Gasteiger charge is 2.28. The van der Waals surface area contributed by atoms with Crippen molar-refractivity contribution in [1.29, 1.82) is 0 Å². The number of likely N-dealkylation sites (N-methyl/N-ethyl adjacent to an activating group) is 1. The molecular formula is C37H30N2O5. The van der Waals surface area contributed by atoms with E-state index in [9.17, 15) is 20.0 Å². The Balaban J connectivity index is 1.32. The molecule has 1 atom stereocenters. The lowest BCUT2D eigenvalue weighted by Crippen LogP contribution is -2.40. The molecule has 44 heavy (non-hydrogen) atoms. The Morgan fingerprint density at radius 3 is 2.05 bits per heavy atom. The number of fused-ring (bicyclic) bond motifs is 1. The van der Waals surface area contributed by atoms with Gasteiger partial charge in [0.25, 0.3) is 5.69 Å². The van der Waals surface area contributed by atoms with Crippen molar-refractivity contribution in [3.05, 3.63) is 154 Å². The molecule has 0 amide bonds. The van der Waals surface area contributed by atoms with Crippen molar-refractivity contribution in [3.63, 3.8) is 0 Å². The van der Waals surface area contributed by atoms with Crippen LogP contribution in [0.3, 0.4) is 0 Å². The molecule has 0 aliphatic heterocycles. The Kier molecular flexibility index (Phi) is 7.93. The van der Waals surface area contributed by atoms with Crippen molar-refractivity contribution in [2.24, 2.45) is 0 Å². The van der Waals surface area contributed by atoms with Crippen molar-refractivity contribution >= 4 is 28.3 Å². The summed E-state index contributed by atoms with van der Waals surface area (Å²) in [7, 11) is 1.58. The van der Waals surface area contributed by atoms with E-state index < -0.39 is 16.9 Å². The van der Waals surface area contributed by atoms with Crippen molar-refractivity contribution in [3.8, 4) is 22.3 Å². The Morgan fingerprint density at radius 2 is 1.39 bits per heavy atom. The van der Waals surface area contributed by atoms with Crippen LogP contribution in [-0.4, -0.2) is 29.1 Å². The summed E-state index contributed by atoms with van der Waals surface area (Å²) in [4.78, 5) is 25.4. The quantitative estimate of drug-likeness (QED) is 0.129. The zero-order valence-corrected chi connectivity index (χ0v) is 24.1. The number of anilines is 1. The van der Waals surface area contributed by atoms with Crippen molar-refractivity contribution in [2.45, 2.75) is 18.9 Å². The van der Waals surface area contributed by atoms with Crippen molar-refractivity contribution in [1.82, 2.24) is 0 Å². The van der Waals surface area contributed by atoms with Gasteiger partial charge in [0.1, 0.15) is 23.1 Å². The van der Waals surface area contributed by atoms with E-state index >= 15 is 0 Å². The summed E-state index contributed by atoms with van der Waals surface area (Å²) in [6, 6.07) is 39.3. The first-order valence-corrected chi connectivity index (χ1v) is 14.3. The number of aliphatic carboxylic acids is 1. The number of carbonyl (C=O) groups is 1. The fourth-order valence-corrected chi connectivity index (χ4v) is 5.69. The van der Waals surface area contributed by atoms with E-state index in [2.05, 4.69) is 18.2 Å². The average molecular weight is 583 g/mol. The van der Waals surface area contributed by atoms with Gasteiger partial charge in [-0.15, -0.1) is 0 Å². The predicted molar refractivity (Wildman–Crippen MR) is 173 cm³/mol. The van der Waals surface area contributed by atoms with Crippen LogP contribution in [-0.2, 0) is 17.6 Å². The van der Waals surface area contributed by atoms with Gasteiger partial charge >= 0.3 is 5.97 Å². The maximum atomic E-state index is 12.2. The van der Waals surface area contributed by atoms with Gasteiger partial charge in [0.15, 0.2) is 0 Å². The minimum atomic E-state index is -1.05. The summed E-state index contributed by atoms with van der Waals surface area (Å²) in [5.74, 6) is -0.180. The van der Waals surface area contributed by atoms with Crippen molar-refractivity contribution < 1.29 is 19.2 Å². The Morgan fingerprint density at radius 1 is 0.795 bits per heavy atom. The molecule has 0 aliphatic rings. The van der Waals surface area contributed by atoms with Crippen LogP contribution in [0.15, 0.2) is 132 Å². The fraction of sp³-hybridized carbons (Fsp3) is 0.108. The monoisotopic (exact) mass is 582 g/mol. The minimum absolute atomic E-state index is 0.153. The maximum absolute atomic E-state index is 12.2. The number of carboxylic acids is 1. The third kappa shape index (κ3) is 5.80. The molecule has 0 spiro atoms. The third-order valence-electron chi connectivity index (χ3n) is 7.96. The van der Waals surface area contributed by atoms with E-state index in [0.29, 0.717) is 12.0 Å². The zero-order valence-electron chi connectivity index (χ0n) is 24.1. The van der Waals surface area contributed by atoms with Gasteiger partial charge in [0.2, 0.25) is 0 Å². The SMILES string of the molecule is CN(c1ccc(-c2ccc(-c3c(Cc4ccccc4)oc4ccccc34)cc2)cc1[N+](=O)[O-])[C@H](Cc1ccccc1)C(=O)O. The molecule has 1 aromatic heterocycles. The van der Waals surface area contributed by atoms with Crippen molar-refractivity contribution in [2.75, 3.05) is 11.9 Å². The van der Waals surface area contributed by atoms with Crippen LogP contribution in [0.5, 0.6) is 0 Å². The highest BCUT2D eigenvalue weighted by atomic mass is 16.6. The fourth-order valence-electron chi connectivity index (χ4n) is 5.69. The van der Waals surface area contributed by atoms with Crippen LogP contribution in [0.25, 0.3) is 33.2 Å². The smallest absolute Gasteiger partial charge is 0.326 e. The van der Waals surface area contributed by atoms with E-state index in [1.54, 1.807) is 19.2 Å². The lowest BCUT2D eigenvalue weighted by molar-refractivity contribution is -0.384. The number of carboxylic acid groups (broad SMARTS) is 1. The minimum Gasteiger partial charge on any atom is -0.480 e. The highest BCUT2D eigenvalue weighted by molar-refractivity contribution is 5.96. The molecule has 1 N–H and O–H groups in total. The largest absolute Gasteiger partial charge is 0.480 e. The number of hydrogen-bond donors (Lipinski definition) is 1. The van der Waals surface area contributed by atoms with E-state index in [-0.39, 0.29) is 17.8 Å². The van der Waals surface area contributed by atoms with E-state index in [1.807, 2.05) is 91.0 Å². The van der Waals surface area contributed by atoms with Gasteiger partial charge in [-0.3, -0.25) is 10.1 Å². The second kappa shape index (κ2) is 12.3. The second-order valence-corrected chi connectivity index (χ2v) is 10.8.